The molecule has 0 atom stereocenters. The molecule has 3 rings (SSSR count). The molecule has 170 valence electrons. The Hall–Kier alpha value is -2.31. The molecule has 1 saturated heterocycles. The van der Waals surface area contributed by atoms with E-state index in [2.05, 4.69) is 6.92 Å². The predicted octanol–water partition coefficient (Wildman–Crippen LogP) is 7.23. The number of thioether (sulfide) groups is 1. The third-order valence-corrected chi connectivity index (χ3v) is 6.45. The minimum atomic E-state index is -0.129. The van der Waals surface area contributed by atoms with Gasteiger partial charge in [-0.3, -0.25) is 9.69 Å². The molecule has 1 fully saturated rings. The van der Waals surface area contributed by atoms with Gasteiger partial charge in [0.1, 0.15) is 11.5 Å². The minimum Gasteiger partial charge on any atom is -0.494 e. The van der Waals surface area contributed by atoms with E-state index in [9.17, 15) is 4.79 Å². The van der Waals surface area contributed by atoms with Crippen molar-refractivity contribution in [2.75, 3.05) is 18.1 Å². The molecule has 1 aliphatic rings. The number of benzene rings is 2. The third-order valence-electron chi connectivity index (χ3n) is 5.14. The molecule has 0 unspecified atom stereocenters. The van der Waals surface area contributed by atoms with Crippen molar-refractivity contribution < 1.29 is 14.3 Å². The fourth-order valence-electron chi connectivity index (χ4n) is 3.48. The largest absolute Gasteiger partial charge is 0.494 e. The lowest BCUT2D eigenvalue weighted by Crippen LogP contribution is -2.28. The van der Waals surface area contributed by atoms with Gasteiger partial charge in [0.2, 0.25) is 0 Å². The molecular formula is C26H31NO3S2. The number of rotatable bonds is 12. The molecule has 1 aliphatic heterocycles. The summed E-state index contributed by atoms with van der Waals surface area (Å²) in [6, 6.07) is 15.3. The molecule has 2 aromatic rings. The number of thiocarbonyl (C=S) groups is 1. The van der Waals surface area contributed by atoms with Gasteiger partial charge in [0.05, 0.1) is 23.8 Å². The van der Waals surface area contributed by atoms with Gasteiger partial charge in [-0.2, -0.15) is 0 Å². The van der Waals surface area contributed by atoms with Crippen molar-refractivity contribution in [1.82, 2.24) is 0 Å². The zero-order valence-electron chi connectivity index (χ0n) is 18.8. The Labute approximate surface area is 201 Å². The number of carbonyl (C=O) groups excluding carboxylic acids is 1. The van der Waals surface area contributed by atoms with Crippen LogP contribution < -0.4 is 14.4 Å². The summed E-state index contributed by atoms with van der Waals surface area (Å²) in [5.41, 5.74) is 1.62. The van der Waals surface area contributed by atoms with Crippen LogP contribution in [0.4, 0.5) is 5.69 Å². The van der Waals surface area contributed by atoms with Crippen LogP contribution in [0, 0.1) is 0 Å². The maximum absolute atomic E-state index is 13.1. The summed E-state index contributed by atoms with van der Waals surface area (Å²) in [6.07, 6.45) is 9.36. The van der Waals surface area contributed by atoms with Gasteiger partial charge in [0.25, 0.3) is 5.91 Å². The quantitative estimate of drug-likeness (QED) is 0.186. The van der Waals surface area contributed by atoms with E-state index in [0.29, 0.717) is 27.3 Å². The van der Waals surface area contributed by atoms with E-state index in [1.165, 1.54) is 43.9 Å². The molecule has 4 nitrogen and oxygen atoms in total. The molecule has 0 aromatic heterocycles. The van der Waals surface area contributed by atoms with Gasteiger partial charge in [-0.25, -0.2) is 0 Å². The summed E-state index contributed by atoms with van der Waals surface area (Å²) in [5, 5.41) is 0. The first-order chi connectivity index (χ1) is 15.6. The summed E-state index contributed by atoms with van der Waals surface area (Å²) in [7, 11) is 0. The van der Waals surface area contributed by atoms with E-state index in [-0.39, 0.29) is 5.91 Å². The van der Waals surface area contributed by atoms with Crippen LogP contribution in [-0.4, -0.2) is 23.4 Å². The summed E-state index contributed by atoms with van der Waals surface area (Å²) in [4.78, 5) is 15.2. The van der Waals surface area contributed by atoms with Crippen LogP contribution in [-0.2, 0) is 4.79 Å². The van der Waals surface area contributed by atoms with E-state index in [0.717, 1.165) is 24.3 Å². The van der Waals surface area contributed by atoms with E-state index in [1.54, 1.807) is 4.90 Å². The number of unbranched alkanes of at least 4 members (excludes halogenated alkanes) is 5. The van der Waals surface area contributed by atoms with Crippen LogP contribution in [0.3, 0.4) is 0 Å². The molecule has 1 amide bonds. The standard InChI is InChI=1S/C26H31NO3S2/c1-3-5-6-7-8-11-18-30-21-16-14-20(15-17-21)19-24-25(28)27(26(31)32-24)22-12-9-10-13-23(22)29-4-2/h9-10,12-17,19H,3-8,11,18H2,1-2H3. The Morgan fingerprint density at radius 2 is 1.66 bits per heavy atom. The average molecular weight is 470 g/mol. The first kappa shape index (κ1) is 24.3. The second kappa shape index (κ2) is 12.7. The van der Waals surface area contributed by atoms with Crippen molar-refractivity contribution >= 4 is 46.0 Å². The first-order valence-corrected chi connectivity index (χ1v) is 12.6. The van der Waals surface area contributed by atoms with Gasteiger partial charge in [-0.1, -0.05) is 87.3 Å². The molecule has 0 radical (unpaired) electrons. The molecule has 1 heterocycles. The topological polar surface area (TPSA) is 38.8 Å². The lowest BCUT2D eigenvalue weighted by Gasteiger charge is -2.18. The Kier molecular flexibility index (Phi) is 9.62. The minimum absolute atomic E-state index is 0.129. The highest BCUT2D eigenvalue weighted by Gasteiger charge is 2.34. The van der Waals surface area contributed by atoms with Gasteiger partial charge >= 0.3 is 0 Å². The molecule has 2 aromatic carbocycles. The van der Waals surface area contributed by atoms with Crippen molar-refractivity contribution in [2.45, 2.75) is 52.4 Å². The number of hydrogen-bond donors (Lipinski definition) is 0. The van der Waals surface area contributed by atoms with E-state index < -0.39 is 0 Å². The number of carbonyl (C=O) groups is 1. The smallest absolute Gasteiger partial charge is 0.270 e. The second-order valence-electron chi connectivity index (χ2n) is 7.60. The third kappa shape index (κ3) is 6.59. The maximum Gasteiger partial charge on any atom is 0.270 e. The highest BCUT2D eigenvalue weighted by Crippen LogP contribution is 2.39. The molecule has 0 bridgehead atoms. The van der Waals surface area contributed by atoms with Crippen LogP contribution in [0.1, 0.15) is 57.9 Å². The van der Waals surface area contributed by atoms with E-state index in [4.69, 9.17) is 21.7 Å². The van der Waals surface area contributed by atoms with Crippen molar-refractivity contribution in [3.63, 3.8) is 0 Å². The Morgan fingerprint density at radius 1 is 0.938 bits per heavy atom. The molecular weight excluding hydrogens is 438 g/mol. The Balaban J connectivity index is 1.59. The molecule has 0 N–H and O–H groups in total. The summed E-state index contributed by atoms with van der Waals surface area (Å²) >= 11 is 6.81. The van der Waals surface area contributed by atoms with Gasteiger partial charge in [0, 0.05) is 0 Å². The highest BCUT2D eigenvalue weighted by atomic mass is 32.2. The molecule has 32 heavy (non-hydrogen) atoms. The SMILES string of the molecule is CCCCCCCCOc1ccc(C=C2SC(=S)N(c3ccccc3OCC)C2=O)cc1. The van der Waals surface area contributed by atoms with Crippen LogP contribution in [0.15, 0.2) is 53.4 Å². The first-order valence-electron chi connectivity index (χ1n) is 11.4. The number of amides is 1. The van der Waals surface area contributed by atoms with Crippen molar-refractivity contribution in [2.24, 2.45) is 0 Å². The van der Waals surface area contributed by atoms with E-state index >= 15 is 0 Å². The van der Waals surface area contributed by atoms with Crippen LogP contribution in [0.2, 0.25) is 0 Å². The number of para-hydroxylation sites is 2. The maximum atomic E-state index is 13.1. The van der Waals surface area contributed by atoms with Gasteiger partial charge < -0.3 is 9.47 Å². The monoisotopic (exact) mass is 469 g/mol. The number of hydrogen-bond acceptors (Lipinski definition) is 5. The molecule has 0 saturated carbocycles. The second-order valence-corrected chi connectivity index (χ2v) is 9.28. The lowest BCUT2D eigenvalue weighted by atomic mass is 10.1. The summed E-state index contributed by atoms with van der Waals surface area (Å²) in [5.74, 6) is 1.38. The zero-order valence-corrected chi connectivity index (χ0v) is 20.5. The zero-order chi connectivity index (χ0) is 22.8. The van der Waals surface area contributed by atoms with E-state index in [1.807, 2.05) is 61.5 Å². The Morgan fingerprint density at radius 3 is 2.41 bits per heavy atom. The lowest BCUT2D eigenvalue weighted by molar-refractivity contribution is -0.113. The number of ether oxygens (including phenoxy) is 2. The fraction of sp³-hybridized carbons (Fsp3) is 0.385. The number of nitrogens with zero attached hydrogens (tertiary/aromatic N) is 1. The summed E-state index contributed by atoms with van der Waals surface area (Å²) < 4.78 is 12.0. The average Bonchev–Trinajstić information content (AvgIpc) is 3.07. The van der Waals surface area contributed by atoms with Gasteiger partial charge in [-0.15, -0.1) is 0 Å². The molecule has 0 aliphatic carbocycles. The summed E-state index contributed by atoms with van der Waals surface area (Å²) in [6.45, 7) is 5.41. The molecule has 6 heteroatoms. The van der Waals surface area contributed by atoms with Gasteiger partial charge in [-0.05, 0) is 49.2 Å². The van der Waals surface area contributed by atoms with Crippen LogP contribution >= 0.6 is 24.0 Å². The van der Waals surface area contributed by atoms with Gasteiger partial charge in [0.15, 0.2) is 4.32 Å². The van der Waals surface area contributed by atoms with Crippen LogP contribution in [0.25, 0.3) is 6.08 Å². The normalized spacial score (nSPS) is 14.9. The van der Waals surface area contributed by atoms with Crippen molar-refractivity contribution in [3.8, 4) is 11.5 Å². The molecule has 0 spiro atoms. The predicted molar refractivity (Wildman–Crippen MR) is 139 cm³/mol. The Bertz CT molecular complexity index is 940. The number of anilines is 1. The highest BCUT2D eigenvalue weighted by molar-refractivity contribution is 8.27. The van der Waals surface area contributed by atoms with Crippen LogP contribution in [0.5, 0.6) is 11.5 Å². The van der Waals surface area contributed by atoms with Crippen molar-refractivity contribution in [1.29, 1.82) is 0 Å². The fourth-order valence-corrected chi connectivity index (χ4v) is 4.76. The van der Waals surface area contributed by atoms with Crippen molar-refractivity contribution in [3.05, 3.63) is 59.0 Å².